The highest BCUT2D eigenvalue weighted by Crippen LogP contribution is 2.16. The van der Waals surface area contributed by atoms with Gasteiger partial charge in [0, 0.05) is 5.69 Å². The number of likely N-dealkylation sites (tertiary alicyclic amines) is 1. The van der Waals surface area contributed by atoms with Crippen molar-refractivity contribution in [2.75, 3.05) is 31.6 Å². The molecule has 1 aliphatic heterocycles. The lowest BCUT2D eigenvalue weighted by molar-refractivity contribution is -0.907. The van der Waals surface area contributed by atoms with E-state index in [4.69, 9.17) is 9.47 Å². The number of rotatable bonds is 10. The highest BCUT2D eigenvalue weighted by atomic mass is 35.5. The topological polar surface area (TPSA) is 52.0 Å². The minimum absolute atomic E-state index is 0. The van der Waals surface area contributed by atoms with Crippen LogP contribution in [0.1, 0.15) is 58.8 Å². The maximum atomic E-state index is 12.0. The molecule has 1 amide bonds. The number of hydrogen-bond donors (Lipinski definition) is 2. The molecule has 1 saturated heterocycles. The third-order valence-corrected chi connectivity index (χ3v) is 4.81. The Labute approximate surface area is 170 Å². The van der Waals surface area contributed by atoms with E-state index in [1.807, 2.05) is 31.2 Å². The summed E-state index contributed by atoms with van der Waals surface area (Å²) < 4.78 is 11.2. The van der Waals surface area contributed by atoms with Gasteiger partial charge in [-0.25, -0.2) is 4.79 Å². The maximum absolute atomic E-state index is 12.0. The first kappa shape index (κ1) is 23.6. The normalized spacial score (nSPS) is 15.5. The molecule has 0 spiro atoms. The van der Waals surface area contributed by atoms with Crippen molar-refractivity contribution in [1.82, 2.24) is 0 Å². The molecule has 0 aliphatic carbocycles. The van der Waals surface area contributed by atoms with E-state index >= 15 is 0 Å². The summed E-state index contributed by atoms with van der Waals surface area (Å²) in [5.41, 5.74) is 0.728. The van der Waals surface area contributed by atoms with E-state index in [1.54, 1.807) is 0 Å². The lowest BCUT2D eigenvalue weighted by Gasteiger charge is -2.26. The quantitative estimate of drug-likeness (QED) is 0.569. The molecule has 2 N–H and O–H groups in total. The highest BCUT2D eigenvalue weighted by Gasteiger charge is 2.19. The first-order valence-corrected chi connectivity index (χ1v) is 10.2. The molecule has 0 saturated carbocycles. The fraction of sp³-hybridized carbons (Fsp3) is 0.667. The number of benzene rings is 1. The molecule has 2 rings (SSSR count). The van der Waals surface area contributed by atoms with Crippen LogP contribution in [-0.4, -0.2) is 38.4 Å². The summed E-state index contributed by atoms with van der Waals surface area (Å²) in [4.78, 5) is 13.6. The Kier molecular flexibility index (Phi) is 11.9. The van der Waals surface area contributed by atoms with Gasteiger partial charge < -0.3 is 26.8 Å². The molecule has 1 atom stereocenters. The number of carbonyl (C=O) groups excluding carboxylic acids is 1. The highest BCUT2D eigenvalue weighted by molar-refractivity contribution is 5.84. The van der Waals surface area contributed by atoms with Crippen LogP contribution in [0.25, 0.3) is 0 Å². The molecule has 1 unspecified atom stereocenters. The molecule has 1 aromatic carbocycles. The Balaban J connectivity index is 0.00000364. The van der Waals surface area contributed by atoms with Crippen molar-refractivity contribution < 1.29 is 31.6 Å². The Morgan fingerprint density at radius 3 is 2.48 bits per heavy atom. The molecule has 1 aliphatic rings. The van der Waals surface area contributed by atoms with E-state index in [0.717, 1.165) is 31.0 Å². The van der Waals surface area contributed by atoms with Crippen molar-refractivity contribution in [1.29, 1.82) is 0 Å². The zero-order chi connectivity index (χ0) is 18.6. The van der Waals surface area contributed by atoms with Crippen molar-refractivity contribution in [3.63, 3.8) is 0 Å². The molecule has 154 valence electrons. The molecular weight excluding hydrogens is 364 g/mol. The van der Waals surface area contributed by atoms with Gasteiger partial charge in [-0.1, -0.05) is 26.2 Å². The monoisotopic (exact) mass is 398 g/mol. The molecule has 1 aromatic rings. The van der Waals surface area contributed by atoms with Crippen molar-refractivity contribution in [2.45, 2.75) is 64.9 Å². The molecular formula is C21H35ClN2O3. The summed E-state index contributed by atoms with van der Waals surface area (Å²) in [6, 6.07) is 7.47. The number of nitrogens with one attached hydrogen (secondary N) is 2. The van der Waals surface area contributed by atoms with Gasteiger partial charge in [0.05, 0.1) is 19.7 Å². The largest absolute Gasteiger partial charge is 1.00 e. The number of anilines is 1. The van der Waals surface area contributed by atoms with Crippen LogP contribution in [-0.2, 0) is 4.74 Å². The Morgan fingerprint density at radius 2 is 1.81 bits per heavy atom. The van der Waals surface area contributed by atoms with Crippen LogP contribution in [0.5, 0.6) is 5.75 Å². The van der Waals surface area contributed by atoms with Crippen LogP contribution >= 0.6 is 0 Å². The van der Waals surface area contributed by atoms with Gasteiger partial charge >= 0.3 is 6.09 Å². The fourth-order valence-electron chi connectivity index (χ4n) is 3.39. The third kappa shape index (κ3) is 9.87. The average molecular weight is 399 g/mol. The van der Waals surface area contributed by atoms with Crippen molar-refractivity contribution in [3.05, 3.63) is 24.3 Å². The fourth-order valence-corrected chi connectivity index (χ4v) is 3.39. The Morgan fingerprint density at radius 1 is 1.11 bits per heavy atom. The second-order valence-corrected chi connectivity index (χ2v) is 7.29. The predicted molar refractivity (Wildman–Crippen MR) is 105 cm³/mol. The van der Waals surface area contributed by atoms with E-state index in [0.29, 0.717) is 0 Å². The Hall–Kier alpha value is -1.46. The molecule has 6 heteroatoms. The van der Waals surface area contributed by atoms with E-state index in [9.17, 15) is 4.79 Å². The minimum atomic E-state index is -0.387. The van der Waals surface area contributed by atoms with Crippen molar-refractivity contribution in [2.24, 2.45) is 0 Å². The van der Waals surface area contributed by atoms with Crippen LogP contribution in [0.15, 0.2) is 24.3 Å². The SMILES string of the molecule is CCCCCCOc1ccc(NC(=O)OC(C)C[NH+]2CCCCC2)cc1.[Cl-]. The summed E-state index contributed by atoms with van der Waals surface area (Å²) in [5.74, 6) is 0.836. The van der Waals surface area contributed by atoms with Crippen LogP contribution in [0.4, 0.5) is 10.5 Å². The Bertz CT molecular complexity index is 519. The smallest absolute Gasteiger partial charge is 0.412 e. The first-order chi connectivity index (χ1) is 12.7. The number of carbonyl (C=O) groups is 1. The summed E-state index contributed by atoms with van der Waals surface area (Å²) in [6.07, 6.45) is 8.20. The summed E-state index contributed by atoms with van der Waals surface area (Å²) >= 11 is 0. The number of quaternary nitrogens is 1. The van der Waals surface area contributed by atoms with Gasteiger partial charge in [-0.3, -0.25) is 5.32 Å². The summed E-state index contributed by atoms with van der Waals surface area (Å²) in [6.45, 7) is 8.18. The number of halogens is 1. The van der Waals surface area contributed by atoms with Gasteiger partial charge in [-0.15, -0.1) is 0 Å². The molecule has 1 heterocycles. The lowest BCUT2D eigenvalue weighted by atomic mass is 10.1. The van der Waals surface area contributed by atoms with Gasteiger partial charge in [-0.05, 0) is 56.9 Å². The summed E-state index contributed by atoms with van der Waals surface area (Å²) in [5, 5.41) is 2.80. The number of amides is 1. The number of piperidine rings is 1. The van der Waals surface area contributed by atoms with E-state index in [2.05, 4.69) is 12.2 Å². The molecule has 0 radical (unpaired) electrons. The van der Waals surface area contributed by atoms with E-state index < -0.39 is 0 Å². The lowest BCUT2D eigenvalue weighted by Crippen LogP contribution is -3.13. The number of unbranched alkanes of at least 4 members (excludes halogenated alkanes) is 3. The van der Waals surface area contributed by atoms with Crippen LogP contribution in [0.2, 0.25) is 0 Å². The van der Waals surface area contributed by atoms with Crippen LogP contribution in [0.3, 0.4) is 0 Å². The third-order valence-electron chi connectivity index (χ3n) is 4.81. The predicted octanol–water partition coefficient (Wildman–Crippen LogP) is 0.656. The molecule has 27 heavy (non-hydrogen) atoms. The summed E-state index contributed by atoms with van der Waals surface area (Å²) in [7, 11) is 0. The molecule has 5 nitrogen and oxygen atoms in total. The number of ether oxygens (including phenoxy) is 2. The standard InChI is InChI=1S/C21H34N2O3.ClH/c1-3-4-5-9-16-25-20-12-10-19(11-13-20)22-21(24)26-18(2)17-23-14-7-6-8-15-23;/h10-13,18H,3-9,14-17H2,1-2H3,(H,22,24);1H. The van der Waals surface area contributed by atoms with Gasteiger partial charge in [0.25, 0.3) is 0 Å². The average Bonchev–Trinajstić information content (AvgIpc) is 2.63. The molecule has 0 bridgehead atoms. The minimum Gasteiger partial charge on any atom is -1.00 e. The second kappa shape index (κ2) is 13.7. The van der Waals surface area contributed by atoms with Gasteiger partial charge in [0.15, 0.2) is 0 Å². The zero-order valence-corrected chi connectivity index (χ0v) is 17.5. The van der Waals surface area contributed by atoms with Crippen molar-refractivity contribution >= 4 is 11.8 Å². The van der Waals surface area contributed by atoms with Gasteiger partial charge in [0.1, 0.15) is 18.4 Å². The van der Waals surface area contributed by atoms with Crippen LogP contribution < -0.4 is 27.4 Å². The second-order valence-electron chi connectivity index (χ2n) is 7.29. The van der Waals surface area contributed by atoms with Gasteiger partial charge in [-0.2, -0.15) is 0 Å². The maximum Gasteiger partial charge on any atom is 0.412 e. The van der Waals surface area contributed by atoms with Crippen LogP contribution in [0, 0.1) is 0 Å². The van der Waals surface area contributed by atoms with Crippen molar-refractivity contribution in [3.8, 4) is 5.75 Å². The number of hydrogen-bond acceptors (Lipinski definition) is 3. The molecule has 1 fully saturated rings. The first-order valence-electron chi connectivity index (χ1n) is 10.2. The molecule has 0 aromatic heterocycles. The van der Waals surface area contributed by atoms with E-state index in [-0.39, 0.29) is 24.6 Å². The van der Waals surface area contributed by atoms with E-state index in [1.165, 1.54) is 56.5 Å². The zero-order valence-electron chi connectivity index (χ0n) is 16.8. The van der Waals surface area contributed by atoms with Gasteiger partial charge in [0.2, 0.25) is 0 Å².